The highest BCUT2D eigenvalue weighted by atomic mass is 16.5. The number of hydrogen-bond donors (Lipinski definition) is 0. The van der Waals surface area contributed by atoms with Gasteiger partial charge in [-0.1, -0.05) is 12.0 Å². The molecule has 0 aliphatic heterocycles. The van der Waals surface area contributed by atoms with Crippen LogP contribution in [0.5, 0.6) is 11.5 Å². The zero-order valence-electron chi connectivity index (χ0n) is 6.83. The lowest BCUT2D eigenvalue weighted by atomic mass is 10.3. The maximum absolute atomic E-state index is 5.20. The SMILES string of the molecule is C#CCOc1cc[c]cc1OC. The second-order valence-corrected chi connectivity index (χ2v) is 2.07. The van der Waals surface area contributed by atoms with Crippen molar-refractivity contribution in [1.82, 2.24) is 0 Å². The molecule has 0 spiro atoms. The Balaban J connectivity index is 2.76. The summed E-state index contributed by atoms with van der Waals surface area (Å²) >= 11 is 0. The van der Waals surface area contributed by atoms with Gasteiger partial charge < -0.3 is 9.47 Å². The zero-order chi connectivity index (χ0) is 8.81. The lowest BCUT2D eigenvalue weighted by molar-refractivity contribution is 0.331. The minimum Gasteiger partial charge on any atom is -0.493 e. The van der Waals surface area contributed by atoms with Crippen LogP contribution in [-0.2, 0) is 0 Å². The van der Waals surface area contributed by atoms with Crippen LogP contribution in [-0.4, -0.2) is 13.7 Å². The lowest BCUT2D eigenvalue weighted by Crippen LogP contribution is -1.95. The molecule has 12 heavy (non-hydrogen) atoms. The molecule has 0 aromatic heterocycles. The van der Waals surface area contributed by atoms with E-state index in [-0.39, 0.29) is 6.61 Å². The summed E-state index contributed by atoms with van der Waals surface area (Å²) < 4.78 is 10.2. The highest BCUT2D eigenvalue weighted by molar-refractivity contribution is 5.38. The summed E-state index contributed by atoms with van der Waals surface area (Å²) in [4.78, 5) is 0. The second-order valence-electron chi connectivity index (χ2n) is 2.07. The van der Waals surface area contributed by atoms with E-state index >= 15 is 0 Å². The quantitative estimate of drug-likeness (QED) is 0.625. The average Bonchev–Trinajstić information content (AvgIpc) is 2.15. The summed E-state index contributed by atoms with van der Waals surface area (Å²) in [6.07, 6.45) is 5.04. The van der Waals surface area contributed by atoms with Crippen LogP contribution in [0, 0.1) is 18.4 Å². The van der Waals surface area contributed by atoms with Gasteiger partial charge in [0.2, 0.25) is 0 Å². The molecular weight excluding hydrogens is 152 g/mol. The topological polar surface area (TPSA) is 18.5 Å². The Kier molecular flexibility index (Phi) is 3.04. The molecule has 0 saturated carbocycles. The maximum Gasteiger partial charge on any atom is 0.162 e. The first-order valence-electron chi connectivity index (χ1n) is 3.49. The molecule has 0 bridgehead atoms. The summed E-state index contributed by atoms with van der Waals surface area (Å²) in [7, 11) is 1.58. The number of methoxy groups -OCH3 is 1. The van der Waals surface area contributed by atoms with Crippen molar-refractivity contribution >= 4 is 0 Å². The van der Waals surface area contributed by atoms with Crippen LogP contribution in [0.15, 0.2) is 18.2 Å². The van der Waals surface area contributed by atoms with E-state index in [1.54, 1.807) is 25.3 Å². The van der Waals surface area contributed by atoms with Gasteiger partial charge in [0.25, 0.3) is 0 Å². The number of ether oxygens (including phenoxy) is 2. The van der Waals surface area contributed by atoms with Gasteiger partial charge in [0.15, 0.2) is 11.5 Å². The van der Waals surface area contributed by atoms with Gasteiger partial charge >= 0.3 is 0 Å². The highest BCUT2D eigenvalue weighted by Gasteiger charge is 1.99. The third kappa shape index (κ3) is 1.93. The molecule has 0 atom stereocenters. The van der Waals surface area contributed by atoms with E-state index in [0.29, 0.717) is 11.5 Å². The number of hydrogen-bond acceptors (Lipinski definition) is 2. The fourth-order valence-corrected chi connectivity index (χ4v) is 0.799. The zero-order valence-corrected chi connectivity index (χ0v) is 6.83. The van der Waals surface area contributed by atoms with Crippen molar-refractivity contribution < 1.29 is 9.47 Å². The largest absolute Gasteiger partial charge is 0.493 e. The van der Waals surface area contributed by atoms with E-state index in [1.165, 1.54) is 0 Å². The van der Waals surface area contributed by atoms with E-state index in [2.05, 4.69) is 12.0 Å². The smallest absolute Gasteiger partial charge is 0.162 e. The number of rotatable bonds is 3. The number of benzene rings is 1. The van der Waals surface area contributed by atoms with Gasteiger partial charge in [-0.2, -0.15) is 0 Å². The minimum absolute atomic E-state index is 0.250. The Labute approximate surface area is 72.1 Å². The molecule has 0 amide bonds. The van der Waals surface area contributed by atoms with E-state index in [1.807, 2.05) is 0 Å². The van der Waals surface area contributed by atoms with Crippen molar-refractivity contribution in [3.05, 3.63) is 24.3 Å². The summed E-state index contributed by atoms with van der Waals surface area (Å²) in [5.41, 5.74) is 0. The monoisotopic (exact) mass is 161 g/mol. The van der Waals surface area contributed by atoms with Gasteiger partial charge in [-0.15, -0.1) is 6.42 Å². The fourth-order valence-electron chi connectivity index (χ4n) is 0.799. The van der Waals surface area contributed by atoms with Gasteiger partial charge in [0.1, 0.15) is 6.61 Å². The molecule has 0 aliphatic rings. The fraction of sp³-hybridized carbons (Fsp3) is 0.200. The summed E-state index contributed by atoms with van der Waals surface area (Å²) in [6.45, 7) is 0.250. The van der Waals surface area contributed by atoms with Crippen LogP contribution in [0.2, 0.25) is 0 Å². The van der Waals surface area contributed by atoms with Crippen molar-refractivity contribution in [3.8, 4) is 23.8 Å². The molecule has 2 heteroatoms. The molecule has 0 N–H and O–H groups in total. The molecule has 0 saturated heterocycles. The van der Waals surface area contributed by atoms with E-state index in [4.69, 9.17) is 15.9 Å². The van der Waals surface area contributed by atoms with Crippen LogP contribution in [0.4, 0.5) is 0 Å². The Hall–Kier alpha value is -1.62. The highest BCUT2D eigenvalue weighted by Crippen LogP contribution is 2.24. The molecule has 0 heterocycles. The first-order chi connectivity index (χ1) is 5.88. The number of terminal acetylenes is 1. The lowest BCUT2D eigenvalue weighted by Gasteiger charge is -2.06. The molecule has 1 aromatic carbocycles. The standard InChI is InChI=1S/C10H9O2/c1-3-8-12-10-7-5-4-6-9(10)11-2/h1,5-7H,8H2,2H3. The van der Waals surface area contributed by atoms with E-state index in [9.17, 15) is 0 Å². The van der Waals surface area contributed by atoms with Crippen LogP contribution < -0.4 is 9.47 Å². The van der Waals surface area contributed by atoms with Gasteiger partial charge in [-0.25, -0.2) is 0 Å². The molecule has 61 valence electrons. The Bertz CT molecular complexity index is 286. The van der Waals surface area contributed by atoms with Crippen molar-refractivity contribution in [2.75, 3.05) is 13.7 Å². The molecule has 2 nitrogen and oxygen atoms in total. The second kappa shape index (κ2) is 4.30. The third-order valence-corrected chi connectivity index (χ3v) is 1.32. The van der Waals surface area contributed by atoms with Crippen molar-refractivity contribution in [2.45, 2.75) is 0 Å². The van der Waals surface area contributed by atoms with Gasteiger partial charge in [0.05, 0.1) is 7.11 Å². The van der Waals surface area contributed by atoms with Crippen LogP contribution in [0.1, 0.15) is 0 Å². The third-order valence-electron chi connectivity index (χ3n) is 1.32. The average molecular weight is 161 g/mol. The first kappa shape index (κ1) is 8.48. The molecule has 0 aliphatic carbocycles. The maximum atomic E-state index is 5.20. The molecule has 1 aromatic rings. The predicted octanol–water partition coefficient (Wildman–Crippen LogP) is 1.51. The first-order valence-corrected chi connectivity index (χ1v) is 3.49. The minimum atomic E-state index is 0.250. The molecule has 1 radical (unpaired) electrons. The molecular formula is C10H9O2. The van der Waals surface area contributed by atoms with Crippen LogP contribution in [0.3, 0.4) is 0 Å². The Morgan fingerprint density at radius 2 is 2.42 bits per heavy atom. The van der Waals surface area contributed by atoms with Crippen molar-refractivity contribution in [3.63, 3.8) is 0 Å². The Morgan fingerprint density at radius 1 is 1.58 bits per heavy atom. The van der Waals surface area contributed by atoms with E-state index < -0.39 is 0 Å². The summed E-state index contributed by atoms with van der Waals surface area (Å²) in [6, 6.07) is 8.08. The van der Waals surface area contributed by atoms with Crippen molar-refractivity contribution in [2.24, 2.45) is 0 Å². The summed E-state index contributed by atoms with van der Waals surface area (Å²) in [5.74, 6) is 3.67. The van der Waals surface area contributed by atoms with Gasteiger partial charge in [0, 0.05) is 0 Å². The Morgan fingerprint density at radius 3 is 3.08 bits per heavy atom. The van der Waals surface area contributed by atoms with Crippen LogP contribution >= 0.6 is 0 Å². The van der Waals surface area contributed by atoms with Crippen LogP contribution in [0.25, 0.3) is 0 Å². The predicted molar refractivity (Wildman–Crippen MR) is 46.2 cm³/mol. The van der Waals surface area contributed by atoms with Gasteiger partial charge in [-0.05, 0) is 18.2 Å². The van der Waals surface area contributed by atoms with Crippen molar-refractivity contribution in [1.29, 1.82) is 0 Å². The molecule has 0 unspecified atom stereocenters. The van der Waals surface area contributed by atoms with Gasteiger partial charge in [-0.3, -0.25) is 0 Å². The molecule has 0 fully saturated rings. The normalized spacial score (nSPS) is 8.67. The van der Waals surface area contributed by atoms with E-state index in [0.717, 1.165) is 0 Å². The summed E-state index contributed by atoms with van der Waals surface area (Å²) in [5, 5.41) is 0. The molecule has 1 rings (SSSR count).